The number of nitrogens with two attached hydrogens (primary N) is 1. The van der Waals surface area contributed by atoms with Crippen LogP contribution in [0.3, 0.4) is 0 Å². The van der Waals surface area contributed by atoms with Crippen molar-refractivity contribution in [1.29, 1.82) is 0 Å². The minimum Gasteiger partial charge on any atom is -0.398 e. The molecule has 0 atom stereocenters. The molecule has 2 N–H and O–H groups in total. The van der Waals surface area contributed by atoms with Crippen LogP contribution < -0.4 is 5.73 Å². The number of hydrogen-bond acceptors (Lipinski definition) is 4. The standard InChI is InChI=1S/C13H15Cl2N3O2S/c1-3-18-11(12(15)8(2)17-18)7-21(19,20)13-9(14)5-4-6-10(13)16/h4-6H,3,7,16H2,1-2H3. The molecule has 2 rings (SSSR count). The molecule has 0 saturated heterocycles. The summed E-state index contributed by atoms with van der Waals surface area (Å²) in [6.07, 6.45) is 0. The number of halogens is 2. The number of benzene rings is 1. The van der Waals surface area contributed by atoms with Crippen LogP contribution in [0.25, 0.3) is 0 Å². The topological polar surface area (TPSA) is 78.0 Å². The van der Waals surface area contributed by atoms with E-state index in [9.17, 15) is 8.42 Å². The molecule has 0 amide bonds. The molecule has 0 saturated carbocycles. The van der Waals surface area contributed by atoms with Crippen molar-refractivity contribution in [3.63, 3.8) is 0 Å². The Morgan fingerprint density at radius 1 is 1.33 bits per heavy atom. The van der Waals surface area contributed by atoms with E-state index in [1.807, 2.05) is 6.92 Å². The highest BCUT2D eigenvalue weighted by Crippen LogP contribution is 2.32. The van der Waals surface area contributed by atoms with Crippen LogP contribution in [-0.2, 0) is 22.1 Å². The van der Waals surface area contributed by atoms with Gasteiger partial charge >= 0.3 is 0 Å². The normalized spacial score (nSPS) is 11.8. The Morgan fingerprint density at radius 3 is 2.57 bits per heavy atom. The molecule has 0 unspecified atom stereocenters. The quantitative estimate of drug-likeness (QED) is 0.862. The molecule has 0 spiro atoms. The zero-order valence-electron chi connectivity index (χ0n) is 11.6. The van der Waals surface area contributed by atoms with Gasteiger partial charge in [0.15, 0.2) is 9.84 Å². The number of anilines is 1. The van der Waals surface area contributed by atoms with E-state index < -0.39 is 9.84 Å². The SMILES string of the molecule is CCn1nc(C)c(Cl)c1CS(=O)(=O)c1c(N)cccc1Cl. The number of hydrogen-bond donors (Lipinski definition) is 1. The van der Waals surface area contributed by atoms with Crippen molar-refractivity contribution in [2.24, 2.45) is 0 Å². The molecule has 0 aliphatic heterocycles. The van der Waals surface area contributed by atoms with Crippen LogP contribution in [0, 0.1) is 6.92 Å². The summed E-state index contributed by atoms with van der Waals surface area (Å²) in [4.78, 5) is -0.0655. The third-order valence-electron chi connectivity index (χ3n) is 3.09. The van der Waals surface area contributed by atoms with E-state index in [0.29, 0.717) is 23.0 Å². The van der Waals surface area contributed by atoms with E-state index in [1.54, 1.807) is 17.7 Å². The summed E-state index contributed by atoms with van der Waals surface area (Å²) in [5.41, 5.74) is 6.91. The van der Waals surface area contributed by atoms with E-state index in [0.717, 1.165) is 0 Å². The zero-order chi connectivity index (χ0) is 15.8. The second kappa shape index (κ2) is 5.87. The van der Waals surface area contributed by atoms with Crippen LogP contribution in [0.4, 0.5) is 5.69 Å². The molecule has 21 heavy (non-hydrogen) atoms. The van der Waals surface area contributed by atoms with Gasteiger partial charge in [-0.3, -0.25) is 4.68 Å². The van der Waals surface area contributed by atoms with Crippen molar-refractivity contribution in [2.75, 3.05) is 5.73 Å². The number of sulfone groups is 1. The number of nitrogen functional groups attached to an aromatic ring is 1. The van der Waals surface area contributed by atoms with E-state index >= 15 is 0 Å². The number of rotatable bonds is 4. The maximum atomic E-state index is 12.6. The van der Waals surface area contributed by atoms with Gasteiger partial charge in [-0.05, 0) is 26.0 Å². The first kappa shape index (κ1) is 16.1. The largest absolute Gasteiger partial charge is 0.398 e. The fourth-order valence-electron chi connectivity index (χ4n) is 2.11. The Bertz CT molecular complexity index is 765. The minimum atomic E-state index is -3.72. The van der Waals surface area contributed by atoms with Crippen LogP contribution in [-0.4, -0.2) is 18.2 Å². The second-order valence-electron chi connectivity index (χ2n) is 4.58. The van der Waals surface area contributed by atoms with E-state index in [1.165, 1.54) is 12.1 Å². The van der Waals surface area contributed by atoms with Gasteiger partial charge in [0, 0.05) is 6.54 Å². The van der Waals surface area contributed by atoms with E-state index in [4.69, 9.17) is 28.9 Å². The van der Waals surface area contributed by atoms with Crippen molar-refractivity contribution in [3.05, 3.63) is 39.6 Å². The Hall–Kier alpha value is -1.24. The highest BCUT2D eigenvalue weighted by Gasteiger charge is 2.25. The lowest BCUT2D eigenvalue weighted by molar-refractivity contribution is 0.586. The predicted molar refractivity (Wildman–Crippen MR) is 84.4 cm³/mol. The number of nitrogens with zero attached hydrogens (tertiary/aromatic N) is 2. The summed E-state index contributed by atoms with van der Waals surface area (Å²) >= 11 is 12.1. The molecule has 0 aliphatic carbocycles. The van der Waals surface area contributed by atoms with Crippen molar-refractivity contribution in [3.8, 4) is 0 Å². The first-order valence-electron chi connectivity index (χ1n) is 6.26. The predicted octanol–water partition coefficient (Wildman–Crippen LogP) is 3.07. The van der Waals surface area contributed by atoms with Crippen LogP contribution in [0.15, 0.2) is 23.1 Å². The lowest BCUT2D eigenvalue weighted by atomic mass is 10.3. The molecule has 0 bridgehead atoms. The molecule has 8 heteroatoms. The maximum absolute atomic E-state index is 12.6. The minimum absolute atomic E-state index is 0.0655. The van der Waals surface area contributed by atoms with Crippen LogP contribution in [0.1, 0.15) is 18.3 Å². The van der Waals surface area contributed by atoms with Gasteiger partial charge in [0.1, 0.15) is 4.90 Å². The van der Waals surface area contributed by atoms with Gasteiger partial charge in [-0.25, -0.2) is 8.42 Å². The summed E-state index contributed by atoms with van der Waals surface area (Å²) in [6.45, 7) is 4.12. The summed E-state index contributed by atoms with van der Waals surface area (Å²) in [7, 11) is -3.72. The molecule has 0 radical (unpaired) electrons. The lowest BCUT2D eigenvalue weighted by Crippen LogP contribution is -2.13. The second-order valence-corrected chi connectivity index (χ2v) is 7.29. The molecule has 1 aromatic heterocycles. The fourth-order valence-corrected chi connectivity index (χ4v) is 4.52. The highest BCUT2D eigenvalue weighted by atomic mass is 35.5. The third kappa shape index (κ3) is 3.02. The molecule has 0 fully saturated rings. The van der Waals surface area contributed by atoms with Gasteiger partial charge in [-0.1, -0.05) is 29.3 Å². The molecule has 114 valence electrons. The van der Waals surface area contributed by atoms with Gasteiger partial charge in [0.05, 0.1) is 32.9 Å². The van der Waals surface area contributed by atoms with Crippen LogP contribution in [0.2, 0.25) is 10.0 Å². The van der Waals surface area contributed by atoms with Crippen molar-refractivity contribution in [2.45, 2.75) is 31.0 Å². The van der Waals surface area contributed by atoms with Crippen molar-refractivity contribution < 1.29 is 8.42 Å². The Morgan fingerprint density at radius 2 is 2.00 bits per heavy atom. The fraction of sp³-hybridized carbons (Fsp3) is 0.308. The first-order chi connectivity index (χ1) is 9.77. The van der Waals surface area contributed by atoms with Gasteiger partial charge in [0.25, 0.3) is 0 Å². The lowest BCUT2D eigenvalue weighted by Gasteiger charge is -2.10. The molecule has 2 aromatic rings. The van der Waals surface area contributed by atoms with Gasteiger partial charge in [-0.15, -0.1) is 0 Å². The van der Waals surface area contributed by atoms with Crippen molar-refractivity contribution in [1.82, 2.24) is 9.78 Å². The monoisotopic (exact) mass is 347 g/mol. The summed E-state index contributed by atoms with van der Waals surface area (Å²) in [6, 6.07) is 4.60. The van der Waals surface area contributed by atoms with E-state index in [-0.39, 0.29) is 21.4 Å². The van der Waals surface area contributed by atoms with Crippen LogP contribution >= 0.6 is 23.2 Å². The Labute approximate surface area is 133 Å². The Balaban J connectivity index is 2.53. The molecule has 1 heterocycles. The smallest absolute Gasteiger partial charge is 0.187 e. The van der Waals surface area contributed by atoms with Gasteiger partial charge < -0.3 is 5.73 Å². The van der Waals surface area contributed by atoms with Crippen LogP contribution in [0.5, 0.6) is 0 Å². The van der Waals surface area contributed by atoms with Crippen molar-refractivity contribution >= 4 is 38.7 Å². The average Bonchev–Trinajstić information content (AvgIpc) is 2.65. The molecular formula is C13H15Cl2N3O2S. The summed E-state index contributed by atoms with van der Waals surface area (Å²) < 4.78 is 26.8. The summed E-state index contributed by atoms with van der Waals surface area (Å²) in [5, 5.41) is 4.66. The third-order valence-corrected chi connectivity index (χ3v) is 5.74. The molecular weight excluding hydrogens is 333 g/mol. The van der Waals surface area contributed by atoms with Gasteiger partial charge in [0.2, 0.25) is 0 Å². The van der Waals surface area contributed by atoms with Gasteiger partial charge in [-0.2, -0.15) is 5.10 Å². The number of aromatic nitrogens is 2. The summed E-state index contributed by atoms with van der Waals surface area (Å²) in [5.74, 6) is -0.297. The maximum Gasteiger partial charge on any atom is 0.187 e. The first-order valence-corrected chi connectivity index (χ1v) is 8.67. The number of aryl methyl sites for hydroxylation is 2. The zero-order valence-corrected chi connectivity index (χ0v) is 13.9. The van der Waals surface area contributed by atoms with E-state index in [2.05, 4.69) is 5.10 Å². The molecule has 5 nitrogen and oxygen atoms in total. The molecule has 0 aliphatic rings. The molecule has 1 aromatic carbocycles. The Kier molecular flexibility index (Phi) is 4.51. The highest BCUT2D eigenvalue weighted by molar-refractivity contribution is 7.91. The average molecular weight is 348 g/mol.